The normalized spacial score (nSPS) is 26.5. The van der Waals surface area contributed by atoms with Gasteiger partial charge in [0.15, 0.2) is 0 Å². The van der Waals surface area contributed by atoms with Gasteiger partial charge in [0.05, 0.1) is 0 Å². The van der Waals surface area contributed by atoms with Crippen LogP contribution in [0.3, 0.4) is 0 Å². The van der Waals surface area contributed by atoms with Crippen LogP contribution in [0, 0.1) is 0 Å². The van der Waals surface area contributed by atoms with E-state index in [1.165, 1.54) is 11.8 Å². The fraction of sp³-hybridized carbons (Fsp3) is 1.00. The lowest BCUT2D eigenvalue weighted by atomic mass is 10.2. The quantitative estimate of drug-likeness (QED) is 0.227. The summed E-state index contributed by atoms with van der Waals surface area (Å²) in [7, 11) is 0.444. The minimum Gasteiger partial charge on any atom is -0.0927 e. The van der Waals surface area contributed by atoms with Crippen LogP contribution < -0.4 is 0 Å². The van der Waals surface area contributed by atoms with E-state index in [0.29, 0.717) is 0 Å². The second-order valence-corrected chi connectivity index (χ2v) is 19.1. The number of rotatable bonds is 8. The molecule has 0 aromatic rings. The average molecular weight is 507 g/mol. The SMILES string of the molecule is CCCC(P(C1CCCCCC1)C1CCCCCC1)P(C1CCCCCC1)C1CCCCCC1. The molecule has 0 unspecified atom stereocenters. The fourth-order valence-electron chi connectivity index (χ4n) is 8.50. The molecule has 0 saturated heterocycles. The van der Waals surface area contributed by atoms with Crippen molar-refractivity contribution in [2.75, 3.05) is 0 Å². The second kappa shape index (κ2) is 16.0. The zero-order valence-electron chi connectivity index (χ0n) is 23.2. The van der Waals surface area contributed by atoms with Crippen LogP contribution in [0.5, 0.6) is 0 Å². The van der Waals surface area contributed by atoms with Gasteiger partial charge in [-0.3, -0.25) is 0 Å². The first-order chi connectivity index (χ1) is 16.9. The lowest BCUT2D eigenvalue weighted by Gasteiger charge is -2.48. The molecular formula is C32H60P2. The summed E-state index contributed by atoms with van der Waals surface area (Å²) in [4.78, 5) is 0. The molecule has 34 heavy (non-hydrogen) atoms. The Kier molecular flexibility index (Phi) is 13.1. The Balaban J connectivity index is 1.67. The summed E-state index contributed by atoms with van der Waals surface area (Å²) < 4.78 is 0. The lowest BCUT2D eigenvalue weighted by molar-refractivity contribution is 0.639. The maximum absolute atomic E-state index is 2.56. The first-order valence-corrected chi connectivity index (χ1v) is 19.5. The predicted octanol–water partition coefficient (Wildman–Crippen LogP) is 12.0. The first-order valence-electron chi connectivity index (χ1n) is 16.4. The molecule has 4 aliphatic carbocycles. The standard InChI is InChI=1S/C32H60P2/c1-2-19-32(33(28-20-11-3-4-12-21-28)29-22-13-5-6-14-23-29)34(30-24-15-7-8-16-25-30)31-26-17-9-10-18-27-31/h28-32H,2-27H2,1H3. The van der Waals surface area contributed by atoms with E-state index in [2.05, 4.69) is 6.92 Å². The zero-order chi connectivity index (χ0) is 23.4. The summed E-state index contributed by atoms with van der Waals surface area (Å²) in [5.41, 5.74) is 4.61. The van der Waals surface area contributed by atoms with Crippen molar-refractivity contribution < 1.29 is 0 Å². The summed E-state index contributed by atoms with van der Waals surface area (Å²) in [5.74, 6) is 0. The second-order valence-electron chi connectivity index (χ2n) is 12.7. The van der Waals surface area contributed by atoms with Gasteiger partial charge in [0, 0.05) is 5.40 Å². The van der Waals surface area contributed by atoms with E-state index in [0.717, 1.165) is 22.6 Å². The smallest absolute Gasteiger partial charge is 0.000400 e. The van der Waals surface area contributed by atoms with Gasteiger partial charge in [-0.15, -0.1) is 0 Å². The van der Waals surface area contributed by atoms with Crippen LogP contribution in [0.2, 0.25) is 0 Å². The molecule has 4 fully saturated rings. The highest BCUT2D eigenvalue weighted by molar-refractivity contribution is 7.77. The number of hydrogen-bond donors (Lipinski definition) is 0. The fourth-order valence-corrected chi connectivity index (χ4v) is 20.1. The van der Waals surface area contributed by atoms with E-state index in [1.807, 2.05) is 0 Å². The van der Waals surface area contributed by atoms with Gasteiger partial charge < -0.3 is 0 Å². The van der Waals surface area contributed by atoms with E-state index in [-0.39, 0.29) is 15.8 Å². The molecule has 4 saturated carbocycles. The van der Waals surface area contributed by atoms with E-state index < -0.39 is 0 Å². The molecule has 0 aromatic carbocycles. The third-order valence-corrected chi connectivity index (χ3v) is 19.2. The average Bonchev–Trinajstić information content (AvgIpc) is 3.45. The topological polar surface area (TPSA) is 0 Å². The Morgan fingerprint density at radius 3 is 0.853 bits per heavy atom. The molecule has 0 spiro atoms. The minimum absolute atomic E-state index is 0.222. The molecule has 4 aliphatic rings. The highest BCUT2D eigenvalue weighted by Crippen LogP contribution is 2.73. The van der Waals surface area contributed by atoms with Crippen LogP contribution in [-0.2, 0) is 0 Å². The summed E-state index contributed by atoms with van der Waals surface area (Å²) in [6.45, 7) is 2.56. The Morgan fingerprint density at radius 1 is 0.412 bits per heavy atom. The molecule has 0 atom stereocenters. The van der Waals surface area contributed by atoms with Gasteiger partial charge in [-0.25, -0.2) is 0 Å². The van der Waals surface area contributed by atoms with E-state index in [1.54, 1.807) is 161 Å². The van der Waals surface area contributed by atoms with Crippen LogP contribution in [0.4, 0.5) is 0 Å². The van der Waals surface area contributed by atoms with Gasteiger partial charge in [0.2, 0.25) is 0 Å². The van der Waals surface area contributed by atoms with Crippen LogP contribution in [0.1, 0.15) is 174 Å². The molecule has 198 valence electrons. The third kappa shape index (κ3) is 8.18. The summed E-state index contributed by atoms with van der Waals surface area (Å²) in [5, 5.41) is 1.19. The van der Waals surface area contributed by atoms with E-state index in [4.69, 9.17) is 0 Å². The van der Waals surface area contributed by atoms with Gasteiger partial charge in [0.1, 0.15) is 0 Å². The van der Waals surface area contributed by atoms with Crippen LogP contribution >= 0.6 is 15.8 Å². The van der Waals surface area contributed by atoms with Crippen molar-refractivity contribution in [1.82, 2.24) is 0 Å². The molecular weight excluding hydrogens is 446 g/mol. The maximum Gasteiger partial charge on any atom is 0.000400 e. The van der Waals surface area contributed by atoms with Crippen molar-refractivity contribution in [1.29, 1.82) is 0 Å². The molecule has 0 aromatic heterocycles. The van der Waals surface area contributed by atoms with Crippen molar-refractivity contribution in [3.63, 3.8) is 0 Å². The van der Waals surface area contributed by atoms with E-state index in [9.17, 15) is 0 Å². The van der Waals surface area contributed by atoms with Crippen molar-refractivity contribution in [3.8, 4) is 0 Å². The molecule has 0 radical (unpaired) electrons. The van der Waals surface area contributed by atoms with Crippen molar-refractivity contribution in [2.24, 2.45) is 0 Å². The molecule has 2 heteroatoms. The number of hydrogen-bond acceptors (Lipinski definition) is 0. The Labute approximate surface area is 217 Å². The van der Waals surface area contributed by atoms with Crippen LogP contribution in [0.25, 0.3) is 0 Å². The maximum atomic E-state index is 2.56. The van der Waals surface area contributed by atoms with Crippen molar-refractivity contribution in [2.45, 2.75) is 202 Å². The summed E-state index contributed by atoms with van der Waals surface area (Å²) in [6, 6.07) is 0. The monoisotopic (exact) mass is 506 g/mol. The highest BCUT2D eigenvalue weighted by atomic mass is 31.2. The predicted molar refractivity (Wildman–Crippen MR) is 158 cm³/mol. The molecule has 0 heterocycles. The van der Waals surface area contributed by atoms with Gasteiger partial charge >= 0.3 is 0 Å². The van der Waals surface area contributed by atoms with Crippen LogP contribution in [0.15, 0.2) is 0 Å². The summed E-state index contributed by atoms with van der Waals surface area (Å²) >= 11 is 0. The Morgan fingerprint density at radius 2 is 0.647 bits per heavy atom. The molecule has 0 aliphatic heterocycles. The minimum atomic E-state index is 0.222. The molecule has 4 rings (SSSR count). The highest BCUT2D eigenvalue weighted by Gasteiger charge is 2.43. The zero-order valence-corrected chi connectivity index (χ0v) is 25.0. The van der Waals surface area contributed by atoms with Gasteiger partial charge in [0.25, 0.3) is 0 Å². The van der Waals surface area contributed by atoms with Gasteiger partial charge in [-0.1, -0.05) is 132 Å². The van der Waals surface area contributed by atoms with Gasteiger partial charge in [-0.2, -0.15) is 0 Å². The first kappa shape index (κ1) is 27.9. The van der Waals surface area contributed by atoms with E-state index >= 15 is 0 Å². The molecule has 0 bridgehead atoms. The Bertz CT molecular complexity index is 417. The third-order valence-electron chi connectivity index (χ3n) is 10.2. The van der Waals surface area contributed by atoms with Crippen molar-refractivity contribution in [3.05, 3.63) is 0 Å². The van der Waals surface area contributed by atoms with Gasteiger partial charge in [-0.05, 0) is 80.4 Å². The molecule has 0 N–H and O–H groups in total. The summed E-state index contributed by atoms with van der Waals surface area (Å²) in [6.07, 6.45) is 41.0. The molecule has 0 amide bonds. The lowest BCUT2D eigenvalue weighted by Crippen LogP contribution is -2.29. The van der Waals surface area contributed by atoms with Crippen molar-refractivity contribution >= 4 is 15.8 Å². The Hall–Kier alpha value is 0.860. The molecule has 0 nitrogen and oxygen atoms in total. The van der Waals surface area contributed by atoms with Crippen LogP contribution in [-0.4, -0.2) is 28.0 Å². The largest absolute Gasteiger partial charge is 0.0927 e.